The van der Waals surface area contributed by atoms with Crippen molar-refractivity contribution < 1.29 is 13.5 Å². The van der Waals surface area contributed by atoms with E-state index in [-0.39, 0.29) is 4.90 Å². The standard InChI is InChI=1S/C28H33N5O3S2/c1-2-3-4-7-27-31-28(32-37-27)22-10-14-25(15-11-22)38(35,36)33-24-12-8-21(9-13-24)16-18-30-20-26(34)23-6-5-17-29-19-23/h5-6,8-15,17,19,26,30,33-34H,2-4,7,16,18,20H2,1H3. The Morgan fingerprint density at radius 1 is 1.00 bits per heavy atom. The van der Waals surface area contributed by atoms with Crippen molar-refractivity contribution in [3.05, 3.63) is 89.2 Å². The predicted octanol–water partition coefficient (Wildman–Crippen LogP) is 5.00. The molecular weight excluding hydrogens is 518 g/mol. The third-order valence-corrected chi connectivity index (χ3v) is 8.26. The van der Waals surface area contributed by atoms with Crippen LogP contribution in [0.3, 0.4) is 0 Å². The molecule has 0 bridgehead atoms. The zero-order valence-corrected chi connectivity index (χ0v) is 23.0. The van der Waals surface area contributed by atoms with Crippen molar-refractivity contribution in [2.75, 3.05) is 17.8 Å². The second-order valence-electron chi connectivity index (χ2n) is 9.05. The molecule has 0 aliphatic heterocycles. The molecule has 0 saturated carbocycles. The van der Waals surface area contributed by atoms with E-state index in [9.17, 15) is 13.5 Å². The first kappa shape index (κ1) is 27.8. The van der Waals surface area contributed by atoms with Gasteiger partial charge in [-0.05, 0) is 78.9 Å². The van der Waals surface area contributed by atoms with Crippen molar-refractivity contribution >= 4 is 27.2 Å². The third-order valence-electron chi connectivity index (χ3n) is 6.09. The molecule has 1 atom stereocenters. The van der Waals surface area contributed by atoms with Crippen LogP contribution in [0.5, 0.6) is 0 Å². The zero-order chi connectivity index (χ0) is 26.8. The minimum atomic E-state index is -3.73. The molecule has 3 N–H and O–H groups in total. The summed E-state index contributed by atoms with van der Waals surface area (Å²) in [5.74, 6) is 0.634. The Balaban J connectivity index is 1.27. The minimum Gasteiger partial charge on any atom is -0.387 e. The first-order valence-electron chi connectivity index (χ1n) is 12.8. The zero-order valence-electron chi connectivity index (χ0n) is 21.4. The molecule has 38 heavy (non-hydrogen) atoms. The lowest BCUT2D eigenvalue weighted by Gasteiger charge is -2.12. The van der Waals surface area contributed by atoms with Gasteiger partial charge in [0.25, 0.3) is 10.0 Å². The van der Waals surface area contributed by atoms with Gasteiger partial charge in [0, 0.05) is 42.2 Å². The van der Waals surface area contributed by atoms with Crippen LogP contribution in [0.15, 0.2) is 78.0 Å². The van der Waals surface area contributed by atoms with E-state index in [4.69, 9.17) is 0 Å². The second-order valence-corrected chi connectivity index (χ2v) is 11.6. The van der Waals surface area contributed by atoms with Gasteiger partial charge in [-0.3, -0.25) is 9.71 Å². The highest BCUT2D eigenvalue weighted by Gasteiger charge is 2.15. The summed E-state index contributed by atoms with van der Waals surface area (Å²) in [6, 6.07) is 17.6. The first-order chi connectivity index (χ1) is 18.4. The lowest BCUT2D eigenvalue weighted by atomic mass is 10.1. The highest BCUT2D eigenvalue weighted by atomic mass is 32.2. The number of aromatic nitrogens is 3. The quantitative estimate of drug-likeness (QED) is 0.189. The van der Waals surface area contributed by atoms with Gasteiger partial charge >= 0.3 is 0 Å². The molecule has 200 valence electrons. The van der Waals surface area contributed by atoms with Crippen LogP contribution in [0.4, 0.5) is 5.69 Å². The maximum atomic E-state index is 12.9. The highest BCUT2D eigenvalue weighted by molar-refractivity contribution is 7.92. The van der Waals surface area contributed by atoms with Crippen molar-refractivity contribution in [1.29, 1.82) is 0 Å². The van der Waals surface area contributed by atoms with E-state index in [1.165, 1.54) is 18.0 Å². The number of rotatable bonds is 14. The predicted molar refractivity (Wildman–Crippen MR) is 152 cm³/mol. The molecule has 0 saturated heterocycles. The monoisotopic (exact) mass is 551 g/mol. The Labute approximate surface area is 228 Å². The number of aliphatic hydroxyl groups is 1. The van der Waals surface area contributed by atoms with Crippen molar-refractivity contribution in [2.45, 2.75) is 50.0 Å². The fourth-order valence-corrected chi connectivity index (χ4v) is 5.66. The summed E-state index contributed by atoms with van der Waals surface area (Å²) in [6.45, 7) is 3.29. The summed E-state index contributed by atoms with van der Waals surface area (Å²) in [7, 11) is -3.73. The molecule has 1 unspecified atom stereocenters. The fraction of sp³-hybridized carbons (Fsp3) is 0.321. The molecule has 2 aromatic carbocycles. The average molecular weight is 552 g/mol. The number of pyridine rings is 1. The Morgan fingerprint density at radius 2 is 1.79 bits per heavy atom. The van der Waals surface area contributed by atoms with Crippen molar-refractivity contribution in [3.8, 4) is 11.4 Å². The summed E-state index contributed by atoms with van der Waals surface area (Å²) < 4.78 is 32.9. The molecular formula is C28H33N5O3S2. The third kappa shape index (κ3) is 7.91. The number of nitrogens with zero attached hydrogens (tertiary/aromatic N) is 3. The van der Waals surface area contributed by atoms with E-state index in [0.717, 1.165) is 47.4 Å². The summed E-state index contributed by atoms with van der Waals surface area (Å²) in [5.41, 5.74) is 3.13. The fourth-order valence-electron chi connectivity index (χ4n) is 3.90. The molecule has 4 aromatic rings. The maximum absolute atomic E-state index is 12.9. The Morgan fingerprint density at radius 3 is 2.50 bits per heavy atom. The van der Waals surface area contributed by atoms with Crippen LogP contribution in [0, 0.1) is 0 Å². The van der Waals surface area contributed by atoms with Crippen LogP contribution in [-0.4, -0.2) is 41.0 Å². The Hall–Kier alpha value is -3.18. The SMILES string of the molecule is CCCCCc1nc(-c2ccc(S(=O)(=O)Nc3ccc(CCNCC(O)c4cccnc4)cc3)cc2)ns1. The van der Waals surface area contributed by atoms with Crippen LogP contribution in [0.25, 0.3) is 11.4 Å². The number of sulfonamides is 1. The first-order valence-corrected chi connectivity index (χ1v) is 15.0. The van der Waals surface area contributed by atoms with Gasteiger partial charge in [0.05, 0.1) is 11.0 Å². The lowest BCUT2D eigenvalue weighted by Crippen LogP contribution is -2.23. The van der Waals surface area contributed by atoms with E-state index in [2.05, 4.69) is 31.3 Å². The van der Waals surface area contributed by atoms with Crippen LogP contribution < -0.4 is 10.0 Å². The minimum absolute atomic E-state index is 0.181. The highest BCUT2D eigenvalue weighted by Crippen LogP contribution is 2.23. The molecule has 4 rings (SSSR count). The number of aryl methyl sites for hydroxylation is 1. The average Bonchev–Trinajstić information content (AvgIpc) is 3.41. The van der Waals surface area contributed by atoms with Crippen molar-refractivity contribution in [3.63, 3.8) is 0 Å². The smallest absolute Gasteiger partial charge is 0.261 e. The Kier molecular flexibility index (Phi) is 9.94. The van der Waals surface area contributed by atoms with Crippen LogP contribution in [0.1, 0.15) is 48.4 Å². The Bertz CT molecular complexity index is 1380. The van der Waals surface area contributed by atoms with Crippen LogP contribution in [0.2, 0.25) is 0 Å². The number of hydrogen-bond donors (Lipinski definition) is 3. The van der Waals surface area contributed by atoms with Gasteiger partial charge in [0.2, 0.25) is 0 Å². The summed E-state index contributed by atoms with van der Waals surface area (Å²) in [6.07, 6.45) is 7.83. The summed E-state index contributed by atoms with van der Waals surface area (Å²) in [5, 5.41) is 14.4. The number of benzene rings is 2. The molecule has 0 radical (unpaired) electrons. The number of anilines is 1. The molecule has 0 aliphatic carbocycles. The topological polar surface area (TPSA) is 117 Å². The summed E-state index contributed by atoms with van der Waals surface area (Å²) >= 11 is 1.40. The largest absolute Gasteiger partial charge is 0.387 e. The normalized spacial score (nSPS) is 12.4. The van der Waals surface area contributed by atoms with E-state index < -0.39 is 16.1 Å². The van der Waals surface area contributed by atoms with Gasteiger partial charge in [-0.25, -0.2) is 13.4 Å². The van der Waals surface area contributed by atoms with Crippen LogP contribution in [-0.2, 0) is 22.9 Å². The molecule has 8 nitrogen and oxygen atoms in total. The van der Waals surface area contributed by atoms with Crippen molar-refractivity contribution in [2.24, 2.45) is 0 Å². The number of aliphatic hydroxyl groups excluding tert-OH is 1. The molecule has 10 heteroatoms. The number of nitrogens with one attached hydrogen (secondary N) is 2. The summed E-state index contributed by atoms with van der Waals surface area (Å²) in [4.78, 5) is 8.79. The molecule has 2 aromatic heterocycles. The van der Waals surface area contributed by atoms with Gasteiger partial charge in [0.1, 0.15) is 5.01 Å². The van der Waals surface area contributed by atoms with Gasteiger partial charge in [-0.15, -0.1) is 0 Å². The van der Waals surface area contributed by atoms with Crippen LogP contribution >= 0.6 is 11.5 Å². The molecule has 0 spiro atoms. The molecule has 2 heterocycles. The number of hydrogen-bond acceptors (Lipinski definition) is 8. The maximum Gasteiger partial charge on any atom is 0.261 e. The van der Waals surface area contributed by atoms with E-state index in [1.54, 1.807) is 54.9 Å². The second kappa shape index (κ2) is 13.6. The van der Waals surface area contributed by atoms with E-state index >= 15 is 0 Å². The van der Waals surface area contributed by atoms with E-state index in [0.29, 0.717) is 24.6 Å². The van der Waals surface area contributed by atoms with Gasteiger partial charge in [-0.1, -0.05) is 38.0 Å². The molecule has 0 aliphatic rings. The molecule has 0 fully saturated rings. The number of unbranched alkanes of at least 4 members (excludes halogenated alkanes) is 2. The van der Waals surface area contributed by atoms with Gasteiger partial charge in [-0.2, -0.15) is 4.37 Å². The van der Waals surface area contributed by atoms with Gasteiger partial charge in [0.15, 0.2) is 5.82 Å². The van der Waals surface area contributed by atoms with Crippen molar-refractivity contribution in [1.82, 2.24) is 19.7 Å². The molecule has 0 amide bonds. The van der Waals surface area contributed by atoms with E-state index in [1.807, 2.05) is 18.2 Å². The van der Waals surface area contributed by atoms with Gasteiger partial charge < -0.3 is 10.4 Å². The lowest BCUT2D eigenvalue weighted by molar-refractivity contribution is 0.174.